The molecule has 0 unspecified atom stereocenters. The molecule has 216 valence electrons. The number of halogens is 3. The SMILES string of the molecule is COC[C@@H]1CCCN1NS(=O)(=O)c1c(Cl)ccc(N(C(N)=S)c2cccc(Cl)c2Cl)c1O[Si](C)(C)C(C)(C)C. The van der Waals surface area contributed by atoms with Gasteiger partial charge in [0.25, 0.3) is 18.3 Å². The molecule has 3 N–H and O–H groups in total. The summed E-state index contributed by atoms with van der Waals surface area (Å²) in [6, 6.07) is 7.99. The van der Waals surface area contributed by atoms with Crippen molar-refractivity contribution in [1.82, 2.24) is 9.84 Å². The highest BCUT2D eigenvalue weighted by Crippen LogP contribution is 2.48. The van der Waals surface area contributed by atoms with Crippen molar-refractivity contribution in [1.29, 1.82) is 0 Å². The van der Waals surface area contributed by atoms with Crippen LogP contribution in [0.2, 0.25) is 33.2 Å². The van der Waals surface area contributed by atoms with Crippen molar-refractivity contribution in [3.63, 3.8) is 0 Å². The Labute approximate surface area is 252 Å². The van der Waals surface area contributed by atoms with Gasteiger partial charge in [-0.2, -0.15) is 0 Å². The molecule has 0 bridgehead atoms. The fourth-order valence-corrected chi connectivity index (χ4v) is 7.50. The minimum atomic E-state index is -4.24. The molecule has 1 aliphatic rings. The van der Waals surface area contributed by atoms with Crippen molar-refractivity contribution in [3.05, 3.63) is 45.4 Å². The minimum absolute atomic E-state index is 0.0115. The number of methoxy groups -OCH3 is 1. The molecule has 0 radical (unpaired) electrons. The predicted molar refractivity (Wildman–Crippen MR) is 167 cm³/mol. The average Bonchev–Trinajstić information content (AvgIpc) is 3.23. The van der Waals surface area contributed by atoms with Gasteiger partial charge in [0.2, 0.25) is 0 Å². The van der Waals surface area contributed by atoms with Crippen molar-refractivity contribution in [2.24, 2.45) is 5.73 Å². The van der Waals surface area contributed by atoms with Crippen molar-refractivity contribution in [3.8, 4) is 5.75 Å². The van der Waals surface area contributed by atoms with E-state index in [1.54, 1.807) is 36.4 Å². The van der Waals surface area contributed by atoms with Crippen LogP contribution in [0.1, 0.15) is 33.6 Å². The Morgan fingerprint density at radius 1 is 1.18 bits per heavy atom. The van der Waals surface area contributed by atoms with Crippen LogP contribution in [0.4, 0.5) is 11.4 Å². The summed E-state index contributed by atoms with van der Waals surface area (Å²) in [5.74, 6) is 0.0351. The Morgan fingerprint density at radius 3 is 2.44 bits per heavy atom. The van der Waals surface area contributed by atoms with E-state index in [-0.39, 0.29) is 47.6 Å². The molecule has 2 aromatic carbocycles. The maximum Gasteiger partial charge on any atom is 0.258 e. The van der Waals surface area contributed by atoms with Crippen molar-refractivity contribution in [2.45, 2.75) is 62.7 Å². The molecule has 39 heavy (non-hydrogen) atoms. The molecular formula is C25H35Cl3N4O4S2Si. The zero-order valence-electron chi connectivity index (χ0n) is 22.8. The summed E-state index contributed by atoms with van der Waals surface area (Å²) in [5.41, 5.74) is 6.85. The number of thiocarbonyl (C=S) groups is 1. The molecule has 1 fully saturated rings. The van der Waals surface area contributed by atoms with Gasteiger partial charge in [0.1, 0.15) is 10.6 Å². The first kappa shape index (κ1) is 32.4. The Bertz CT molecular complexity index is 1340. The number of hydrogen-bond donors (Lipinski definition) is 2. The van der Waals surface area contributed by atoms with Gasteiger partial charge in [-0.3, -0.25) is 4.90 Å². The van der Waals surface area contributed by atoms with Gasteiger partial charge in [0.15, 0.2) is 5.11 Å². The zero-order valence-corrected chi connectivity index (χ0v) is 27.7. The number of nitrogens with zero attached hydrogens (tertiary/aromatic N) is 2. The number of nitrogens with one attached hydrogen (secondary N) is 1. The van der Waals surface area contributed by atoms with E-state index in [1.807, 2.05) is 13.1 Å². The van der Waals surface area contributed by atoms with E-state index >= 15 is 0 Å². The smallest absolute Gasteiger partial charge is 0.258 e. The monoisotopic (exact) mass is 652 g/mol. The summed E-state index contributed by atoms with van der Waals surface area (Å²) in [4.78, 5) is 3.95. The Kier molecular flexibility index (Phi) is 10.3. The molecule has 3 rings (SSSR count). The predicted octanol–water partition coefficient (Wildman–Crippen LogP) is 6.72. The van der Waals surface area contributed by atoms with Crippen LogP contribution >= 0.6 is 47.0 Å². The van der Waals surface area contributed by atoms with E-state index in [2.05, 4.69) is 25.6 Å². The molecule has 1 aliphatic heterocycles. The summed E-state index contributed by atoms with van der Waals surface area (Å²) < 4.78 is 40.1. The van der Waals surface area contributed by atoms with Crippen LogP contribution in [0.3, 0.4) is 0 Å². The molecule has 1 atom stereocenters. The minimum Gasteiger partial charge on any atom is -0.541 e. The molecule has 0 aromatic heterocycles. The van der Waals surface area contributed by atoms with Crippen molar-refractivity contribution < 1.29 is 17.6 Å². The van der Waals surface area contributed by atoms with Crippen LogP contribution in [0, 0.1) is 0 Å². The van der Waals surface area contributed by atoms with Crippen molar-refractivity contribution >= 4 is 81.8 Å². The van der Waals surface area contributed by atoms with Crippen LogP contribution in [-0.4, -0.2) is 53.2 Å². The number of hydrazine groups is 1. The number of hydrogen-bond acceptors (Lipinski definition) is 6. The summed E-state index contributed by atoms with van der Waals surface area (Å²) in [7, 11) is -5.30. The lowest BCUT2D eigenvalue weighted by Crippen LogP contribution is -2.47. The first-order valence-corrected chi connectivity index (χ1v) is 18.3. The molecule has 8 nitrogen and oxygen atoms in total. The van der Waals surface area contributed by atoms with E-state index in [4.69, 9.17) is 61.9 Å². The second kappa shape index (κ2) is 12.4. The third kappa shape index (κ3) is 7.02. The number of nitrogens with two attached hydrogens (primary N) is 1. The van der Waals surface area contributed by atoms with Gasteiger partial charge >= 0.3 is 0 Å². The number of benzene rings is 2. The lowest BCUT2D eigenvalue weighted by atomic mass is 10.2. The molecule has 0 saturated carbocycles. The quantitative estimate of drug-likeness (QED) is 0.228. The lowest BCUT2D eigenvalue weighted by molar-refractivity contribution is 0.104. The van der Waals surface area contributed by atoms with Crippen LogP contribution in [0.15, 0.2) is 35.2 Å². The lowest BCUT2D eigenvalue weighted by Gasteiger charge is -2.39. The summed E-state index contributed by atoms with van der Waals surface area (Å²) >= 11 is 24.9. The van der Waals surface area contributed by atoms with E-state index in [9.17, 15) is 8.42 Å². The molecular weight excluding hydrogens is 619 g/mol. The second-order valence-electron chi connectivity index (χ2n) is 10.9. The van der Waals surface area contributed by atoms with Gasteiger partial charge in [-0.15, -0.1) is 4.83 Å². The molecule has 2 aromatic rings. The first-order chi connectivity index (χ1) is 18.0. The van der Waals surface area contributed by atoms with Crippen LogP contribution < -0.4 is 19.9 Å². The number of sulfonamides is 1. The van der Waals surface area contributed by atoms with Gasteiger partial charge in [-0.05, 0) is 67.5 Å². The topological polar surface area (TPSA) is 97.1 Å². The zero-order chi connectivity index (χ0) is 29.3. The fraction of sp³-hybridized carbons (Fsp3) is 0.480. The normalized spacial score (nSPS) is 16.9. The Hall–Kier alpha value is -1.15. The van der Waals surface area contributed by atoms with Gasteiger partial charge in [-0.1, -0.05) is 61.6 Å². The third-order valence-corrected chi connectivity index (χ3v) is 14.2. The summed E-state index contributed by atoms with van der Waals surface area (Å²) in [5, 5.41) is 1.77. The maximum atomic E-state index is 14.0. The summed E-state index contributed by atoms with van der Waals surface area (Å²) in [6.07, 6.45) is 1.61. The highest BCUT2D eigenvalue weighted by molar-refractivity contribution is 7.89. The fourth-order valence-electron chi connectivity index (χ4n) is 4.02. The van der Waals surface area contributed by atoms with Crippen LogP contribution in [0.5, 0.6) is 5.75 Å². The highest BCUT2D eigenvalue weighted by Gasteiger charge is 2.42. The molecule has 0 aliphatic carbocycles. The number of anilines is 2. The standard InChI is InChI=1S/C25H35Cl3N4O4S2Si/c1-25(2,3)39(5,6)36-22-20(32(24(29)37)19-11-7-10-17(26)21(19)28)13-12-18(27)23(22)38(33,34)30-31-14-8-9-16(31)15-35-4/h7,10-13,16,30H,8-9,14-15H2,1-6H3,(H2,29,37)/t16-/m0/s1. The van der Waals surface area contributed by atoms with Gasteiger partial charge in [-0.25, -0.2) is 13.4 Å². The molecule has 0 amide bonds. The van der Waals surface area contributed by atoms with Gasteiger partial charge < -0.3 is 14.9 Å². The van der Waals surface area contributed by atoms with Crippen LogP contribution in [-0.2, 0) is 14.8 Å². The molecule has 1 saturated heterocycles. The number of ether oxygens (including phenoxy) is 1. The second-order valence-corrected chi connectivity index (χ2v) is 18.8. The third-order valence-electron chi connectivity index (χ3n) is 7.08. The Balaban J connectivity index is 2.30. The maximum absolute atomic E-state index is 14.0. The highest BCUT2D eigenvalue weighted by atomic mass is 35.5. The largest absolute Gasteiger partial charge is 0.541 e. The van der Waals surface area contributed by atoms with Gasteiger partial charge in [0.05, 0.1) is 33.0 Å². The van der Waals surface area contributed by atoms with Crippen molar-refractivity contribution in [2.75, 3.05) is 25.2 Å². The van der Waals surface area contributed by atoms with Gasteiger partial charge in [0, 0.05) is 19.7 Å². The van der Waals surface area contributed by atoms with E-state index in [0.717, 1.165) is 12.8 Å². The van der Waals surface area contributed by atoms with E-state index in [1.165, 1.54) is 11.0 Å². The van der Waals surface area contributed by atoms with Crippen LogP contribution in [0.25, 0.3) is 0 Å². The first-order valence-electron chi connectivity index (χ1n) is 12.3. The Morgan fingerprint density at radius 2 is 1.85 bits per heavy atom. The van der Waals surface area contributed by atoms with E-state index in [0.29, 0.717) is 18.8 Å². The molecule has 1 heterocycles. The molecule has 0 spiro atoms. The summed E-state index contributed by atoms with van der Waals surface area (Å²) in [6.45, 7) is 11.1. The average molecular weight is 654 g/mol. The number of rotatable bonds is 9. The molecule has 14 heteroatoms. The van der Waals surface area contributed by atoms with E-state index < -0.39 is 18.3 Å².